The van der Waals surface area contributed by atoms with Crippen LogP contribution in [0.1, 0.15) is 77.6 Å². The van der Waals surface area contributed by atoms with E-state index in [4.69, 9.17) is 19.2 Å². The summed E-state index contributed by atoms with van der Waals surface area (Å²) in [7, 11) is 4.98. The molecule has 138 valence electrons. The molecule has 0 spiro atoms. The van der Waals surface area contributed by atoms with E-state index in [0.29, 0.717) is 0 Å². The summed E-state index contributed by atoms with van der Waals surface area (Å²) in [6, 6.07) is 0. The Bertz CT molecular complexity index is 246. The summed E-state index contributed by atoms with van der Waals surface area (Å²) < 4.78 is 10.4. The van der Waals surface area contributed by atoms with Gasteiger partial charge in [-0.05, 0) is 32.1 Å². The van der Waals surface area contributed by atoms with Crippen LogP contribution in [0.25, 0.3) is 0 Å². The first-order chi connectivity index (χ1) is 11.3. The molecule has 4 nitrogen and oxygen atoms in total. The molecule has 0 saturated carbocycles. The Morgan fingerprint density at radius 2 is 1.39 bits per heavy atom. The lowest BCUT2D eigenvalue weighted by molar-refractivity contribution is -0.294. The monoisotopic (exact) mass is 330 g/mol. The van der Waals surface area contributed by atoms with Gasteiger partial charge >= 0.3 is 0 Å². The molecule has 0 bridgehead atoms. The van der Waals surface area contributed by atoms with Crippen molar-refractivity contribution in [3.63, 3.8) is 0 Å². The third kappa shape index (κ3) is 14.9. The predicted octanol–water partition coefficient (Wildman–Crippen LogP) is 5.42. The van der Waals surface area contributed by atoms with Crippen LogP contribution in [0.15, 0.2) is 12.2 Å². The second kappa shape index (κ2) is 17.9. The van der Waals surface area contributed by atoms with E-state index < -0.39 is 0 Å². The van der Waals surface area contributed by atoms with E-state index in [1.807, 2.05) is 0 Å². The maximum atomic E-state index is 5.19. The highest BCUT2D eigenvalue weighted by molar-refractivity contribution is 4.88. The van der Waals surface area contributed by atoms with E-state index in [9.17, 15) is 0 Å². The first kappa shape index (κ1) is 22.6. The van der Waals surface area contributed by atoms with Crippen LogP contribution in [0, 0.1) is 0 Å². The van der Waals surface area contributed by atoms with Gasteiger partial charge in [0.2, 0.25) is 0 Å². The van der Waals surface area contributed by atoms with E-state index in [0.717, 1.165) is 25.7 Å². The normalized spacial score (nSPS) is 13.3. The van der Waals surface area contributed by atoms with Crippen LogP contribution < -0.4 is 0 Å². The van der Waals surface area contributed by atoms with E-state index in [2.05, 4.69) is 19.1 Å². The lowest BCUT2D eigenvalue weighted by Gasteiger charge is -2.12. The number of rotatable bonds is 17. The molecule has 0 N–H and O–H groups in total. The van der Waals surface area contributed by atoms with Gasteiger partial charge in [0.25, 0.3) is 0 Å². The molecule has 0 rings (SSSR count). The standard InChI is InChI=1S/C19H38O4/c1-5-15-18(23-22-4)16-13-11-9-7-6-8-10-12-14-17-19(20-2)21-3/h13,16,18-19H,5-12,14-15,17H2,1-4H3. The van der Waals surface area contributed by atoms with Gasteiger partial charge in [0.05, 0.1) is 7.11 Å². The van der Waals surface area contributed by atoms with Crippen molar-refractivity contribution in [3.8, 4) is 0 Å². The van der Waals surface area contributed by atoms with Crippen LogP contribution in [0.2, 0.25) is 0 Å². The van der Waals surface area contributed by atoms with E-state index in [1.54, 1.807) is 21.3 Å². The van der Waals surface area contributed by atoms with Crippen molar-refractivity contribution in [2.75, 3.05) is 21.3 Å². The Kier molecular flexibility index (Phi) is 17.6. The lowest BCUT2D eigenvalue weighted by atomic mass is 10.1. The first-order valence-corrected chi connectivity index (χ1v) is 9.20. The maximum absolute atomic E-state index is 5.19. The second-order valence-electron chi connectivity index (χ2n) is 5.97. The number of ether oxygens (including phenoxy) is 2. The molecule has 0 fully saturated rings. The Labute approximate surface area is 143 Å². The van der Waals surface area contributed by atoms with Gasteiger partial charge in [-0.15, -0.1) is 0 Å². The summed E-state index contributed by atoms with van der Waals surface area (Å²) in [5, 5.41) is 0. The summed E-state index contributed by atoms with van der Waals surface area (Å²) in [6.45, 7) is 2.16. The van der Waals surface area contributed by atoms with E-state index >= 15 is 0 Å². The molecule has 23 heavy (non-hydrogen) atoms. The van der Waals surface area contributed by atoms with Crippen LogP contribution in [0.4, 0.5) is 0 Å². The molecular formula is C19H38O4. The average molecular weight is 331 g/mol. The van der Waals surface area contributed by atoms with Gasteiger partial charge in [-0.2, -0.15) is 0 Å². The van der Waals surface area contributed by atoms with Crippen molar-refractivity contribution in [1.82, 2.24) is 0 Å². The average Bonchev–Trinajstić information content (AvgIpc) is 2.56. The molecular weight excluding hydrogens is 292 g/mol. The Morgan fingerprint density at radius 3 is 1.96 bits per heavy atom. The molecule has 4 heteroatoms. The van der Waals surface area contributed by atoms with Crippen molar-refractivity contribution in [2.24, 2.45) is 0 Å². The van der Waals surface area contributed by atoms with Crippen molar-refractivity contribution in [2.45, 2.75) is 89.9 Å². The topological polar surface area (TPSA) is 36.9 Å². The van der Waals surface area contributed by atoms with Gasteiger partial charge in [-0.25, -0.2) is 9.78 Å². The maximum Gasteiger partial charge on any atom is 0.156 e. The molecule has 0 saturated heterocycles. The number of unbranched alkanes of at least 4 members (excludes halogenated alkanes) is 7. The highest BCUT2D eigenvalue weighted by Crippen LogP contribution is 2.12. The summed E-state index contributed by atoms with van der Waals surface area (Å²) >= 11 is 0. The van der Waals surface area contributed by atoms with Gasteiger partial charge in [0, 0.05) is 14.2 Å². The third-order valence-corrected chi connectivity index (χ3v) is 3.98. The summed E-state index contributed by atoms with van der Waals surface area (Å²) in [6.07, 6.45) is 17.7. The Balaban J connectivity index is 3.38. The molecule has 0 amide bonds. The van der Waals surface area contributed by atoms with Gasteiger partial charge in [0.15, 0.2) is 6.29 Å². The second-order valence-corrected chi connectivity index (χ2v) is 5.97. The molecule has 0 radical (unpaired) electrons. The lowest BCUT2D eigenvalue weighted by Crippen LogP contribution is -2.12. The third-order valence-electron chi connectivity index (χ3n) is 3.98. The smallest absolute Gasteiger partial charge is 0.156 e. The van der Waals surface area contributed by atoms with Crippen LogP contribution in [-0.2, 0) is 19.2 Å². The van der Waals surface area contributed by atoms with Crippen LogP contribution >= 0.6 is 0 Å². The number of allylic oxidation sites excluding steroid dienone is 1. The Morgan fingerprint density at radius 1 is 0.783 bits per heavy atom. The zero-order valence-corrected chi connectivity index (χ0v) is 15.7. The minimum absolute atomic E-state index is 0.0274. The van der Waals surface area contributed by atoms with Crippen LogP contribution in [-0.4, -0.2) is 33.7 Å². The fourth-order valence-corrected chi connectivity index (χ4v) is 2.62. The largest absolute Gasteiger partial charge is 0.356 e. The fourth-order valence-electron chi connectivity index (χ4n) is 2.62. The van der Waals surface area contributed by atoms with Crippen molar-refractivity contribution < 1.29 is 19.2 Å². The molecule has 0 aromatic carbocycles. The zero-order chi connectivity index (χ0) is 17.2. The van der Waals surface area contributed by atoms with Gasteiger partial charge in [0.1, 0.15) is 6.10 Å². The highest BCUT2D eigenvalue weighted by atomic mass is 17.2. The molecule has 1 unspecified atom stereocenters. The quantitative estimate of drug-likeness (QED) is 0.117. The van der Waals surface area contributed by atoms with Gasteiger partial charge < -0.3 is 9.47 Å². The first-order valence-electron chi connectivity index (χ1n) is 9.20. The predicted molar refractivity (Wildman–Crippen MR) is 95.3 cm³/mol. The molecule has 0 heterocycles. The van der Waals surface area contributed by atoms with Crippen LogP contribution in [0.5, 0.6) is 0 Å². The molecule has 0 aliphatic heterocycles. The summed E-state index contributed by atoms with van der Waals surface area (Å²) in [5.41, 5.74) is 0. The fraction of sp³-hybridized carbons (Fsp3) is 0.895. The molecule has 0 aromatic heterocycles. The van der Waals surface area contributed by atoms with E-state index in [-0.39, 0.29) is 12.4 Å². The van der Waals surface area contributed by atoms with Gasteiger partial charge in [-0.3, -0.25) is 0 Å². The molecule has 0 aliphatic rings. The minimum Gasteiger partial charge on any atom is -0.356 e. The number of hydrogen-bond donors (Lipinski definition) is 0. The molecule has 0 aromatic rings. The zero-order valence-electron chi connectivity index (χ0n) is 15.7. The van der Waals surface area contributed by atoms with Crippen LogP contribution in [0.3, 0.4) is 0 Å². The summed E-state index contributed by atoms with van der Waals surface area (Å²) in [4.78, 5) is 9.95. The Hall–Kier alpha value is -0.420. The number of methoxy groups -OCH3 is 2. The van der Waals surface area contributed by atoms with Gasteiger partial charge in [-0.1, -0.05) is 57.6 Å². The summed E-state index contributed by atoms with van der Waals surface area (Å²) in [5.74, 6) is 0. The molecule has 1 atom stereocenters. The van der Waals surface area contributed by atoms with Crippen molar-refractivity contribution >= 4 is 0 Å². The van der Waals surface area contributed by atoms with Crippen molar-refractivity contribution in [3.05, 3.63) is 12.2 Å². The highest BCUT2D eigenvalue weighted by Gasteiger charge is 2.04. The minimum atomic E-state index is -0.0274. The SMILES string of the molecule is CCCC(C=CCCCCCCCCCC(OC)OC)OOC. The van der Waals surface area contributed by atoms with E-state index in [1.165, 1.54) is 44.9 Å². The molecule has 0 aliphatic carbocycles. The van der Waals surface area contributed by atoms with Crippen molar-refractivity contribution in [1.29, 1.82) is 0 Å². The number of hydrogen-bond acceptors (Lipinski definition) is 4.